The molecule has 1 amide bonds. The van der Waals surface area contributed by atoms with Gasteiger partial charge in [-0.05, 0) is 25.0 Å². The molecule has 2 saturated heterocycles. The molecule has 27 heavy (non-hydrogen) atoms. The number of carbonyl (C=O) groups is 1. The summed E-state index contributed by atoms with van der Waals surface area (Å²) in [6.45, 7) is 4.47. The lowest BCUT2D eigenvalue weighted by Crippen LogP contribution is -2.38. The molecule has 2 aromatic rings. The van der Waals surface area contributed by atoms with Crippen molar-refractivity contribution >= 4 is 11.9 Å². The van der Waals surface area contributed by atoms with Crippen molar-refractivity contribution in [3.8, 4) is 11.3 Å². The maximum absolute atomic E-state index is 13.2. The number of likely N-dealkylation sites (tertiary alicyclic amines) is 1. The van der Waals surface area contributed by atoms with Gasteiger partial charge in [-0.3, -0.25) is 9.78 Å². The van der Waals surface area contributed by atoms with Crippen LogP contribution < -0.4 is 4.90 Å². The first-order valence-corrected chi connectivity index (χ1v) is 9.72. The molecule has 2 fully saturated rings. The van der Waals surface area contributed by atoms with Crippen LogP contribution in [0, 0.1) is 0 Å². The van der Waals surface area contributed by atoms with Crippen LogP contribution in [0.1, 0.15) is 36.0 Å². The number of hydrogen-bond donors (Lipinski definition) is 0. The molecule has 4 rings (SSSR count). The highest BCUT2D eigenvalue weighted by atomic mass is 16.5. The van der Waals surface area contributed by atoms with Gasteiger partial charge in [-0.25, -0.2) is 9.97 Å². The van der Waals surface area contributed by atoms with Crippen LogP contribution in [0.4, 0.5) is 5.95 Å². The van der Waals surface area contributed by atoms with Crippen LogP contribution in [-0.2, 0) is 4.74 Å². The Balaban J connectivity index is 1.70. The molecule has 142 valence electrons. The Morgan fingerprint density at radius 1 is 0.963 bits per heavy atom. The van der Waals surface area contributed by atoms with E-state index in [0.717, 1.165) is 44.6 Å². The Morgan fingerprint density at radius 3 is 2.37 bits per heavy atom. The summed E-state index contributed by atoms with van der Waals surface area (Å²) in [5.41, 5.74) is 2.14. The molecule has 2 aromatic heterocycles. The van der Waals surface area contributed by atoms with E-state index in [4.69, 9.17) is 9.72 Å². The zero-order chi connectivity index (χ0) is 18.5. The Hall–Kier alpha value is -2.54. The predicted octanol–water partition coefficient (Wildman–Crippen LogP) is 2.39. The fourth-order valence-corrected chi connectivity index (χ4v) is 3.62. The lowest BCUT2D eigenvalue weighted by Gasteiger charge is -2.27. The summed E-state index contributed by atoms with van der Waals surface area (Å²) in [5, 5.41) is 0. The molecule has 0 radical (unpaired) electrons. The van der Waals surface area contributed by atoms with Gasteiger partial charge in [-0.15, -0.1) is 0 Å². The molecule has 0 N–H and O–H groups in total. The number of carbonyl (C=O) groups excluding carboxylic acids is 1. The molecule has 0 atom stereocenters. The first-order valence-electron chi connectivity index (χ1n) is 9.72. The van der Waals surface area contributed by atoms with Gasteiger partial charge >= 0.3 is 0 Å². The van der Waals surface area contributed by atoms with Gasteiger partial charge in [0.1, 0.15) is 0 Å². The van der Waals surface area contributed by atoms with Crippen LogP contribution in [0.15, 0.2) is 30.7 Å². The number of amides is 1. The number of anilines is 1. The second kappa shape index (κ2) is 8.43. The largest absolute Gasteiger partial charge is 0.378 e. The molecule has 0 spiro atoms. The summed E-state index contributed by atoms with van der Waals surface area (Å²) >= 11 is 0. The van der Waals surface area contributed by atoms with Crippen LogP contribution in [0.25, 0.3) is 11.3 Å². The first kappa shape index (κ1) is 17.9. The number of pyridine rings is 1. The Kier molecular flexibility index (Phi) is 5.58. The Bertz CT molecular complexity index is 769. The van der Waals surface area contributed by atoms with E-state index in [1.807, 2.05) is 17.0 Å². The molecule has 7 nitrogen and oxygen atoms in total. The van der Waals surface area contributed by atoms with Crippen LogP contribution in [0.2, 0.25) is 0 Å². The smallest absolute Gasteiger partial charge is 0.257 e. The molecule has 0 saturated carbocycles. The molecule has 0 aromatic carbocycles. The van der Waals surface area contributed by atoms with E-state index < -0.39 is 0 Å². The number of nitrogens with zero attached hydrogens (tertiary/aromatic N) is 5. The maximum Gasteiger partial charge on any atom is 0.257 e. The summed E-state index contributed by atoms with van der Waals surface area (Å²) < 4.78 is 5.42. The normalized spacial score (nSPS) is 18.2. The van der Waals surface area contributed by atoms with Crippen molar-refractivity contribution in [3.05, 3.63) is 36.3 Å². The van der Waals surface area contributed by atoms with Crippen molar-refractivity contribution in [2.24, 2.45) is 0 Å². The molecule has 2 aliphatic heterocycles. The third-order valence-electron chi connectivity index (χ3n) is 5.15. The van der Waals surface area contributed by atoms with Crippen molar-refractivity contribution in [1.29, 1.82) is 0 Å². The highest BCUT2D eigenvalue weighted by Gasteiger charge is 2.24. The van der Waals surface area contributed by atoms with Gasteiger partial charge < -0.3 is 14.5 Å². The third-order valence-corrected chi connectivity index (χ3v) is 5.15. The maximum atomic E-state index is 13.2. The minimum atomic E-state index is 0.0252. The highest BCUT2D eigenvalue weighted by Crippen LogP contribution is 2.25. The number of ether oxygens (including phenoxy) is 1. The number of aromatic nitrogens is 3. The zero-order valence-corrected chi connectivity index (χ0v) is 15.5. The monoisotopic (exact) mass is 367 g/mol. The second-order valence-corrected chi connectivity index (χ2v) is 6.97. The van der Waals surface area contributed by atoms with Crippen LogP contribution in [0.3, 0.4) is 0 Å². The fraction of sp³-hybridized carbons (Fsp3) is 0.500. The average Bonchev–Trinajstić information content (AvgIpc) is 3.04. The minimum absolute atomic E-state index is 0.0252. The molecule has 0 bridgehead atoms. The van der Waals surface area contributed by atoms with Crippen molar-refractivity contribution in [3.63, 3.8) is 0 Å². The Labute approximate surface area is 159 Å². The van der Waals surface area contributed by atoms with Gasteiger partial charge in [0.25, 0.3) is 5.91 Å². The Morgan fingerprint density at radius 2 is 1.67 bits per heavy atom. The molecule has 2 aliphatic rings. The van der Waals surface area contributed by atoms with Gasteiger partial charge in [-0.2, -0.15) is 0 Å². The van der Waals surface area contributed by atoms with E-state index in [-0.39, 0.29) is 5.91 Å². The van der Waals surface area contributed by atoms with Crippen molar-refractivity contribution < 1.29 is 9.53 Å². The summed E-state index contributed by atoms with van der Waals surface area (Å²) in [4.78, 5) is 30.7. The first-order chi connectivity index (χ1) is 13.3. The summed E-state index contributed by atoms with van der Waals surface area (Å²) in [6.07, 6.45) is 9.64. The van der Waals surface area contributed by atoms with E-state index in [1.165, 1.54) is 12.8 Å². The van der Waals surface area contributed by atoms with Crippen molar-refractivity contribution in [2.45, 2.75) is 25.7 Å². The molecule has 0 unspecified atom stereocenters. The topological polar surface area (TPSA) is 71.5 Å². The van der Waals surface area contributed by atoms with Crippen LogP contribution >= 0.6 is 0 Å². The molecule has 0 aliphatic carbocycles. The summed E-state index contributed by atoms with van der Waals surface area (Å²) in [5.74, 6) is 0.676. The molecule has 4 heterocycles. The summed E-state index contributed by atoms with van der Waals surface area (Å²) in [7, 11) is 0. The third kappa shape index (κ3) is 4.08. The van der Waals surface area contributed by atoms with E-state index in [9.17, 15) is 4.79 Å². The molecule has 7 heteroatoms. The van der Waals surface area contributed by atoms with Crippen molar-refractivity contribution in [1.82, 2.24) is 19.9 Å². The zero-order valence-electron chi connectivity index (χ0n) is 15.5. The van der Waals surface area contributed by atoms with Gasteiger partial charge in [-0.1, -0.05) is 12.8 Å². The van der Waals surface area contributed by atoms with Gasteiger partial charge in [0.05, 0.1) is 24.5 Å². The lowest BCUT2D eigenvalue weighted by molar-refractivity contribution is 0.0761. The summed E-state index contributed by atoms with van der Waals surface area (Å²) in [6, 6.07) is 3.79. The molecular weight excluding hydrogens is 342 g/mol. The average molecular weight is 367 g/mol. The van der Waals surface area contributed by atoms with Crippen LogP contribution in [-0.4, -0.2) is 65.2 Å². The highest BCUT2D eigenvalue weighted by molar-refractivity contribution is 5.99. The van der Waals surface area contributed by atoms with E-state index >= 15 is 0 Å². The second-order valence-electron chi connectivity index (χ2n) is 6.97. The van der Waals surface area contributed by atoms with E-state index in [1.54, 1.807) is 18.6 Å². The number of rotatable bonds is 3. The standard InChI is InChI=1S/C20H25N5O2/c26-19(24-9-3-1-2-4-10-24)17-15-22-20(25-11-13-27-14-12-25)23-18(17)16-5-7-21-8-6-16/h5-8,15H,1-4,9-14H2. The van der Waals surface area contributed by atoms with Crippen molar-refractivity contribution in [2.75, 3.05) is 44.3 Å². The number of morpholine rings is 1. The van der Waals surface area contributed by atoms with Gasteiger partial charge in [0.2, 0.25) is 5.95 Å². The van der Waals surface area contributed by atoms with Crippen LogP contribution in [0.5, 0.6) is 0 Å². The van der Waals surface area contributed by atoms with E-state index in [0.29, 0.717) is 30.4 Å². The SMILES string of the molecule is O=C(c1cnc(N2CCOCC2)nc1-c1ccncc1)N1CCCCCC1. The molecular formula is C20H25N5O2. The van der Waals surface area contributed by atoms with E-state index in [2.05, 4.69) is 14.9 Å². The minimum Gasteiger partial charge on any atom is -0.378 e. The fourth-order valence-electron chi connectivity index (χ4n) is 3.62. The lowest BCUT2D eigenvalue weighted by atomic mass is 10.1. The quantitative estimate of drug-likeness (QED) is 0.830. The van der Waals surface area contributed by atoms with Gasteiger partial charge in [0, 0.05) is 50.3 Å². The number of hydrogen-bond acceptors (Lipinski definition) is 6. The van der Waals surface area contributed by atoms with Gasteiger partial charge in [0.15, 0.2) is 0 Å². The predicted molar refractivity (Wildman–Crippen MR) is 103 cm³/mol.